The molecule has 2 aromatic carbocycles. The second-order valence-corrected chi connectivity index (χ2v) is 7.67. The topological polar surface area (TPSA) is 111 Å². The molecule has 0 aliphatic heterocycles. The molecular formula is C22H27N3O4. The van der Waals surface area contributed by atoms with Gasteiger partial charge in [-0.3, -0.25) is 9.59 Å². The third kappa shape index (κ3) is 7.65. The van der Waals surface area contributed by atoms with Crippen LogP contribution in [0.2, 0.25) is 0 Å². The minimum Gasteiger partial charge on any atom is -0.444 e. The summed E-state index contributed by atoms with van der Waals surface area (Å²) in [5, 5.41) is 5.46. The zero-order chi connectivity index (χ0) is 21.4. The molecule has 0 aromatic heterocycles. The molecule has 0 saturated carbocycles. The van der Waals surface area contributed by atoms with Crippen molar-refractivity contribution >= 4 is 17.9 Å². The lowest BCUT2D eigenvalue weighted by Crippen LogP contribution is -2.49. The van der Waals surface area contributed by atoms with Gasteiger partial charge in [0.15, 0.2) is 0 Å². The number of amides is 3. The van der Waals surface area contributed by atoms with Crippen LogP contribution in [-0.2, 0) is 22.5 Å². The van der Waals surface area contributed by atoms with Crippen LogP contribution in [0, 0.1) is 0 Å². The minimum absolute atomic E-state index is 0.249. The predicted molar refractivity (Wildman–Crippen MR) is 110 cm³/mol. The van der Waals surface area contributed by atoms with Crippen molar-refractivity contribution in [3.05, 3.63) is 71.3 Å². The lowest BCUT2D eigenvalue weighted by molar-refractivity contribution is -0.123. The van der Waals surface area contributed by atoms with Crippen LogP contribution in [0.15, 0.2) is 54.6 Å². The number of hydrogen-bond acceptors (Lipinski definition) is 4. The van der Waals surface area contributed by atoms with Crippen LogP contribution in [0.4, 0.5) is 4.79 Å². The van der Waals surface area contributed by atoms with Gasteiger partial charge in [0.25, 0.3) is 0 Å². The van der Waals surface area contributed by atoms with Crippen LogP contribution in [0.5, 0.6) is 0 Å². The SMILES string of the molecule is CC(C)(C)OC(=O)NC(Cc1ccccc1)C(=O)NCc1ccc(C(N)=O)cc1. The monoisotopic (exact) mass is 397 g/mol. The van der Waals surface area contributed by atoms with E-state index in [1.54, 1.807) is 45.0 Å². The summed E-state index contributed by atoms with van der Waals surface area (Å²) in [7, 11) is 0. The van der Waals surface area contributed by atoms with E-state index in [0.29, 0.717) is 12.0 Å². The van der Waals surface area contributed by atoms with Crippen molar-refractivity contribution in [1.82, 2.24) is 10.6 Å². The van der Waals surface area contributed by atoms with Crippen molar-refractivity contribution in [2.45, 2.75) is 45.4 Å². The number of alkyl carbamates (subject to hydrolysis) is 1. The molecule has 1 unspecified atom stereocenters. The van der Waals surface area contributed by atoms with E-state index in [2.05, 4.69) is 10.6 Å². The molecule has 1 atom stereocenters. The molecule has 29 heavy (non-hydrogen) atoms. The summed E-state index contributed by atoms with van der Waals surface area (Å²) in [6, 6.07) is 15.2. The highest BCUT2D eigenvalue weighted by molar-refractivity contribution is 5.92. The first-order chi connectivity index (χ1) is 13.6. The number of benzene rings is 2. The van der Waals surface area contributed by atoms with E-state index in [1.165, 1.54) is 0 Å². The van der Waals surface area contributed by atoms with Crippen LogP contribution in [0.25, 0.3) is 0 Å². The Kier molecular flexibility index (Phi) is 7.36. The molecule has 7 heteroatoms. The highest BCUT2D eigenvalue weighted by Crippen LogP contribution is 2.09. The average molecular weight is 397 g/mol. The van der Waals surface area contributed by atoms with Crippen molar-refractivity contribution in [2.75, 3.05) is 0 Å². The number of hydrogen-bond donors (Lipinski definition) is 3. The van der Waals surface area contributed by atoms with Gasteiger partial charge in [-0.2, -0.15) is 0 Å². The van der Waals surface area contributed by atoms with E-state index in [0.717, 1.165) is 11.1 Å². The fourth-order valence-electron chi connectivity index (χ4n) is 2.61. The lowest BCUT2D eigenvalue weighted by Gasteiger charge is -2.23. The van der Waals surface area contributed by atoms with Crippen LogP contribution in [0.1, 0.15) is 42.3 Å². The molecule has 154 valence electrons. The molecule has 7 nitrogen and oxygen atoms in total. The standard InChI is InChI=1S/C22H27N3O4/c1-22(2,3)29-21(28)25-18(13-15-7-5-4-6-8-15)20(27)24-14-16-9-11-17(12-10-16)19(23)26/h4-12,18H,13-14H2,1-3H3,(H2,23,26)(H,24,27)(H,25,28). The fourth-order valence-corrected chi connectivity index (χ4v) is 2.61. The molecule has 2 rings (SSSR count). The fraction of sp³-hybridized carbons (Fsp3) is 0.318. The highest BCUT2D eigenvalue weighted by atomic mass is 16.6. The lowest BCUT2D eigenvalue weighted by atomic mass is 10.1. The third-order valence-electron chi connectivity index (χ3n) is 4.00. The molecule has 0 radical (unpaired) electrons. The molecular weight excluding hydrogens is 370 g/mol. The van der Waals surface area contributed by atoms with E-state index in [4.69, 9.17) is 10.5 Å². The Morgan fingerprint density at radius 2 is 1.59 bits per heavy atom. The first-order valence-corrected chi connectivity index (χ1v) is 9.34. The highest BCUT2D eigenvalue weighted by Gasteiger charge is 2.24. The number of rotatable bonds is 7. The van der Waals surface area contributed by atoms with Gasteiger partial charge < -0.3 is 21.1 Å². The molecule has 0 aliphatic carbocycles. The summed E-state index contributed by atoms with van der Waals surface area (Å²) in [5.74, 6) is -0.844. The van der Waals surface area contributed by atoms with Gasteiger partial charge in [-0.15, -0.1) is 0 Å². The summed E-state index contributed by atoms with van der Waals surface area (Å²) >= 11 is 0. The summed E-state index contributed by atoms with van der Waals surface area (Å²) < 4.78 is 5.28. The Morgan fingerprint density at radius 1 is 0.966 bits per heavy atom. The number of carbonyl (C=O) groups is 3. The maximum absolute atomic E-state index is 12.7. The Labute approximate surface area is 170 Å². The second kappa shape index (κ2) is 9.73. The second-order valence-electron chi connectivity index (χ2n) is 7.67. The summed E-state index contributed by atoms with van der Waals surface area (Å²) in [6.45, 7) is 5.52. The van der Waals surface area contributed by atoms with Gasteiger partial charge in [0.2, 0.25) is 11.8 Å². The van der Waals surface area contributed by atoms with Crippen molar-refractivity contribution in [1.29, 1.82) is 0 Å². The van der Waals surface area contributed by atoms with Gasteiger partial charge >= 0.3 is 6.09 Å². The smallest absolute Gasteiger partial charge is 0.408 e. The molecule has 3 amide bonds. The summed E-state index contributed by atoms with van der Waals surface area (Å²) in [5.41, 5.74) is 6.67. The summed E-state index contributed by atoms with van der Waals surface area (Å²) in [4.78, 5) is 36.1. The van der Waals surface area contributed by atoms with Crippen molar-refractivity contribution in [2.24, 2.45) is 5.73 Å². The van der Waals surface area contributed by atoms with E-state index in [9.17, 15) is 14.4 Å². The maximum Gasteiger partial charge on any atom is 0.408 e. The molecule has 0 saturated heterocycles. The van der Waals surface area contributed by atoms with Gasteiger partial charge in [-0.25, -0.2) is 4.79 Å². The zero-order valence-electron chi connectivity index (χ0n) is 16.9. The normalized spacial score (nSPS) is 12.0. The minimum atomic E-state index is -0.794. The van der Waals surface area contributed by atoms with Crippen molar-refractivity contribution in [3.8, 4) is 0 Å². The van der Waals surface area contributed by atoms with Crippen LogP contribution < -0.4 is 16.4 Å². The zero-order valence-corrected chi connectivity index (χ0v) is 16.9. The molecule has 2 aromatic rings. The predicted octanol–water partition coefficient (Wildman–Crippen LogP) is 2.54. The Bertz CT molecular complexity index is 843. The van der Waals surface area contributed by atoms with E-state index >= 15 is 0 Å². The third-order valence-corrected chi connectivity index (χ3v) is 4.00. The van der Waals surface area contributed by atoms with Gasteiger partial charge in [0.1, 0.15) is 11.6 Å². The quantitative estimate of drug-likeness (QED) is 0.667. The first-order valence-electron chi connectivity index (χ1n) is 9.34. The number of primary amides is 1. The van der Waals surface area contributed by atoms with Gasteiger partial charge in [-0.1, -0.05) is 42.5 Å². The Morgan fingerprint density at radius 3 is 2.14 bits per heavy atom. The van der Waals surface area contributed by atoms with Crippen LogP contribution in [-0.4, -0.2) is 29.6 Å². The van der Waals surface area contributed by atoms with Crippen molar-refractivity contribution < 1.29 is 19.1 Å². The number of ether oxygens (including phenoxy) is 1. The van der Waals surface area contributed by atoms with Crippen LogP contribution in [0.3, 0.4) is 0 Å². The maximum atomic E-state index is 12.7. The Balaban J connectivity index is 2.04. The number of nitrogens with two attached hydrogens (primary N) is 1. The van der Waals surface area contributed by atoms with E-state index in [-0.39, 0.29) is 12.5 Å². The van der Waals surface area contributed by atoms with Crippen molar-refractivity contribution in [3.63, 3.8) is 0 Å². The van der Waals surface area contributed by atoms with Gasteiger partial charge in [-0.05, 0) is 44.0 Å². The molecule has 0 spiro atoms. The molecule has 0 bridgehead atoms. The molecule has 0 fully saturated rings. The first kappa shape index (κ1) is 21.9. The average Bonchev–Trinajstić information content (AvgIpc) is 2.65. The van der Waals surface area contributed by atoms with Gasteiger partial charge in [0.05, 0.1) is 0 Å². The van der Waals surface area contributed by atoms with Crippen LogP contribution >= 0.6 is 0 Å². The number of carbonyl (C=O) groups excluding carboxylic acids is 3. The van der Waals surface area contributed by atoms with E-state index < -0.39 is 23.6 Å². The summed E-state index contributed by atoms with van der Waals surface area (Å²) in [6.07, 6.45) is -0.327. The Hall–Kier alpha value is -3.35. The van der Waals surface area contributed by atoms with E-state index in [1.807, 2.05) is 30.3 Å². The molecule has 0 heterocycles. The molecule has 0 aliphatic rings. The largest absolute Gasteiger partial charge is 0.444 e. The van der Waals surface area contributed by atoms with Gasteiger partial charge in [0, 0.05) is 18.5 Å². The number of nitrogens with one attached hydrogen (secondary N) is 2. The molecule has 4 N–H and O–H groups in total.